The first-order chi connectivity index (χ1) is 7.00. The van der Waals surface area contributed by atoms with Crippen LogP contribution in [0.5, 0.6) is 0 Å². The van der Waals surface area contributed by atoms with Gasteiger partial charge in [-0.25, -0.2) is 4.68 Å². The van der Waals surface area contributed by atoms with Gasteiger partial charge in [-0.1, -0.05) is 0 Å². The van der Waals surface area contributed by atoms with Crippen LogP contribution in [0.3, 0.4) is 0 Å². The number of carbonyl (C=O) groups excluding carboxylic acids is 2. The second kappa shape index (κ2) is 4.72. The molecule has 1 aromatic rings. The zero-order valence-electron chi connectivity index (χ0n) is 9.15. The minimum Gasteiger partial charge on any atom is -0.311 e. The van der Waals surface area contributed by atoms with Gasteiger partial charge in [-0.05, 0) is 20.8 Å². The molecule has 5 nitrogen and oxygen atoms in total. The minimum atomic E-state index is -0.301. The van der Waals surface area contributed by atoms with Crippen LogP contribution in [0, 0.1) is 0 Å². The van der Waals surface area contributed by atoms with E-state index in [4.69, 9.17) is 0 Å². The topological polar surface area (TPSA) is 64.0 Å². The summed E-state index contributed by atoms with van der Waals surface area (Å²) in [4.78, 5) is 22.0. The molecule has 15 heavy (non-hydrogen) atoms. The first-order valence-electron chi connectivity index (χ1n) is 4.83. The summed E-state index contributed by atoms with van der Waals surface area (Å²) in [6.45, 7) is 5.32. The summed E-state index contributed by atoms with van der Waals surface area (Å²) in [6, 6.07) is 1.88. The Kier molecular flexibility index (Phi) is 3.60. The van der Waals surface area contributed by atoms with E-state index in [9.17, 15) is 9.59 Å². The average molecular weight is 209 g/mol. The Balaban J connectivity index is 2.68. The van der Waals surface area contributed by atoms with Gasteiger partial charge in [-0.15, -0.1) is 0 Å². The molecule has 0 aliphatic carbocycles. The van der Waals surface area contributed by atoms with E-state index in [2.05, 4.69) is 10.4 Å². The molecular weight excluding hydrogens is 194 g/mol. The lowest BCUT2D eigenvalue weighted by atomic mass is 10.3. The molecule has 0 saturated carbocycles. The highest BCUT2D eigenvalue weighted by molar-refractivity contribution is 6.03. The Morgan fingerprint density at radius 2 is 2.20 bits per heavy atom. The third-order valence-electron chi connectivity index (χ3n) is 1.84. The number of hydrogen-bond acceptors (Lipinski definition) is 3. The average Bonchev–Trinajstić information content (AvgIpc) is 2.50. The fourth-order valence-corrected chi connectivity index (χ4v) is 1.24. The number of ketones is 1. The van der Waals surface area contributed by atoms with Gasteiger partial charge in [0, 0.05) is 12.1 Å². The Morgan fingerprint density at radius 3 is 2.73 bits per heavy atom. The molecule has 5 heteroatoms. The third kappa shape index (κ3) is 3.19. The maximum Gasteiger partial charge on any atom is 0.232 e. The molecule has 0 radical (unpaired) electrons. The van der Waals surface area contributed by atoms with Gasteiger partial charge < -0.3 is 5.32 Å². The summed E-state index contributed by atoms with van der Waals surface area (Å²) in [5.74, 6) is 0.171. The van der Waals surface area contributed by atoms with Crippen LogP contribution in [0.25, 0.3) is 0 Å². The van der Waals surface area contributed by atoms with Crippen LogP contribution in [0.2, 0.25) is 0 Å². The van der Waals surface area contributed by atoms with Gasteiger partial charge in [0.15, 0.2) is 0 Å². The van der Waals surface area contributed by atoms with Gasteiger partial charge in [-0.3, -0.25) is 9.59 Å². The van der Waals surface area contributed by atoms with E-state index >= 15 is 0 Å². The summed E-state index contributed by atoms with van der Waals surface area (Å²) in [7, 11) is 0. The molecule has 0 aromatic carbocycles. The van der Waals surface area contributed by atoms with E-state index in [1.807, 2.05) is 13.8 Å². The van der Waals surface area contributed by atoms with Crippen LogP contribution in [-0.4, -0.2) is 21.5 Å². The molecule has 0 atom stereocenters. The number of Topliss-reactive ketones (excluding diaryl/α,β-unsaturated/α-hetero) is 1. The van der Waals surface area contributed by atoms with Crippen molar-refractivity contribution in [3.05, 3.63) is 12.3 Å². The normalized spacial score (nSPS) is 10.4. The van der Waals surface area contributed by atoms with E-state index in [1.165, 1.54) is 6.92 Å². The second-order valence-electron chi connectivity index (χ2n) is 3.68. The Bertz CT molecular complexity index is 368. The van der Waals surface area contributed by atoms with E-state index in [0.29, 0.717) is 5.82 Å². The summed E-state index contributed by atoms with van der Waals surface area (Å²) < 4.78 is 1.69. The molecule has 0 unspecified atom stereocenters. The predicted octanol–water partition coefficient (Wildman–Crippen LogP) is 1.38. The number of carbonyl (C=O) groups is 2. The van der Waals surface area contributed by atoms with Gasteiger partial charge in [0.2, 0.25) is 5.91 Å². The monoisotopic (exact) mass is 209 g/mol. The van der Waals surface area contributed by atoms with E-state index < -0.39 is 0 Å². The SMILES string of the molecule is CC(=O)CC(=O)Nc1ccnn1C(C)C. The fraction of sp³-hybridized carbons (Fsp3) is 0.500. The highest BCUT2D eigenvalue weighted by Crippen LogP contribution is 2.12. The Labute approximate surface area is 88.5 Å². The maximum atomic E-state index is 11.3. The number of amides is 1. The highest BCUT2D eigenvalue weighted by atomic mass is 16.2. The van der Waals surface area contributed by atoms with Gasteiger partial charge in [-0.2, -0.15) is 5.10 Å². The molecule has 0 aliphatic heterocycles. The zero-order valence-corrected chi connectivity index (χ0v) is 9.15. The van der Waals surface area contributed by atoms with Crippen LogP contribution in [0.1, 0.15) is 33.2 Å². The third-order valence-corrected chi connectivity index (χ3v) is 1.84. The fourth-order valence-electron chi connectivity index (χ4n) is 1.24. The smallest absolute Gasteiger partial charge is 0.232 e. The van der Waals surface area contributed by atoms with E-state index in [1.54, 1.807) is 16.9 Å². The summed E-state index contributed by atoms with van der Waals surface area (Å²) in [6.07, 6.45) is 1.52. The van der Waals surface area contributed by atoms with Crippen molar-refractivity contribution in [2.75, 3.05) is 5.32 Å². The molecule has 0 spiro atoms. The molecule has 82 valence electrons. The van der Waals surface area contributed by atoms with E-state index in [0.717, 1.165) is 0 Å². The lowest BCUT2D eigenvalue weighted by Gasteiger charge is -2.11. The van der Waals surface area contributed by atoms with Crippen molar-refractivity contribution < 1.29 is 9.59 Å². The van der Waals surface area contributed by atoms with Gasteiger partial charge >= 0.3 is 0 Å². The van der Waals surface area contributed by atoms with Gasteiger partial charge in [0.1, 0.15) is 11.6 Å². The lowest BCUT2D eigenvalue weighted by Crippen LogP contribution is -2.18. The summed E-state index contributed by atoms with van der Waals surface area (Å²) in [5.41, 5.74) is 0. The molecule has 1 aromatic heterocycles. The lowest BCUT2D eigenvalue weighted by molar-refractivity contribution is -0.124. The quantitative estimate of drug-likeness (QED) is 0.762. The molecule has 0 saturated heterocycles. The number of nitrogens with zero attached hydrogens (tertiary/aromatic N) is 2. The number of rotatable bonds is 4. The highest BCUT2D eigenvalue weighted by Gasteiger charge is 2.10. The molecule has 1 amide bonds. The number of aromatic nitrogens is 2. The van der Waals surface area contributed by atoms with Gasteiger partial charge in [0.05, 0.1) is 12.6 Å². The molecule has 0 fully saturated rings. The molecule has 1 heterocycles. The molecular formula is C10H15N3O2. The van der Waals surface area contributed by atoms with Gasteiger partial charge in [0.25, 0.3) is 0 Å². The van der Waals surface area contributed by atoms with Crippen molar-refractivity contribution >= 4 is 17.5 Å². The molecule has 1 rings (SSSR count). The van der Waals surface area contributed by atoms with Crippen molar-refractivity contribution in [1.29, 1.82) is 0 Å². The van der Waals surface area contributed by atoms with Crippen molar-refractivity contribution in [2.24, 2.45) is 0 Å². The maximum absolute atomic E-state index is 11.3. The molecule has 1 N–H and O–H groups in total. The van der Waals surface area contributed by atoms with Crippen molar-refractivity contribution in [2.45, 2.75) is 33.2 Å². The van der Waals surface area contributed by atoms with Crippen LogP contribution in [-0.2, 0) is 9.59 Å². The number of anilines is 1. The molecule has 0 bridgehead atoms. The molecule has 0 aliphatic rings. The summed E-state index contributed by atoms with van der Waals surface area (Å²) >= 11 is 0. The standard InChI is InChI=1S/C10H15N3O2/c1-7(2)13-9(4-5-11-13)12-10(15)6-8(3)14/h4-5,7H,6H2,1-3H3,(H,12,15). The predicted molar refractivity (Wildman–Crippen MR) is 56.5 cm³/mol. The summed E-state index contributed by atoms with van der Waals surface area (Å²) in [5, 5.41) is 6.71. The van der Waals surface area contributed by atoms with Crippen LogP contribution in [0.4, 0.5) is 5.82 Å². The second-order valence-corrected chi connectivity index (χ2v) is 3.68. The van der Waals surface area contributed by atoms with Crippen molar-refractivity contribution in [3.63, 3.8) is 0 Å². The number of hydrogen-bond donors (Lipinski definition) is 1. The Morgan fingerprint density at radius 1 is 1.53 bits per heavy atom. The minimum absolute atomic E-state index is 0.0940. The first kappa shape index (κ1) is 11.4. The zero-order chi connectivity index (χ0) is 11.4. The number of nitrogens with one attached hydrogen (secondary N) is 1. The van der Waals surface area contributed by atoms with Crippen molar-refractivity contribution in [1.82, 2.24) is 9.78 Å². The van der Waals surface area contributed by atoms with Crippen LogP contribution in [0.15, 0.2) is 12.3 Å². The largest absolute Gasteiger partial charge is 0.311 e. The van der Waals surface area contributed by atoms with Crippen LogP contribution < -0.4 is 5.32 Å². The first-order valence-corrected chi connectivity index (χ1v) is 4.83. The van der Waals surface area contributed by atoms with E-state index in [-0.39, 0.29) is 24.2 Å². The Hall–Kier alpha value is -1.65. The van der Waals surface area contributed by atoms with Crippen molar-refractivity contribution in [3.8, 4) is 0 Å². The van der Waals surface area contributed by atoms with Crippen LogP contribution >= 0.6 is 0 Å².